The predicted molar refractivity (Wildman–Crippen MR) is 54.6 cm³/mol. The van der Waals surface area contributed by atoms with E-state index in [2.05, 4.69) is 4.74 Å². The van der Waals surface area contributed by atoms with Crippen LogP contribution in [0.5, 0.6) is 0 Å². The molecular weight excluding hydrogens is 203 g/mol. The van der Waals surface area contributed by atoms with Crippen molar-refractivity contribution in [3.8, 4) is 0 Å². The monoisotopic (exact) mass is 214 g/mol. The SMILES string of the molecule is COC(=O)CSCc1cccc(F)c1. The number of rotatable bonds is 4. The van der Waals surface area contributed by atoms with Gasteiger partial charge in [-0.3, -0.25) is 4.79 Å². The summed E-state index contributed by atoms with van der Waals surface area (Å²) in [6, 6.07) is 6.34. The number of carbonyl (C=O) groups excluding carboxylic acids is 1. The van der Waals surface area contributed by atoms with Crippen LogP contribution in [0.2, 0.25) is 0 Å². The minimum atomic E-state index is -0.258. The molecular formula is C10H11FO2S. The number of benzene rings is 1. The maximum absolute atomic E-state index is 12.7. The number of halogens is 1. The van der Waals surface area contributed by atoms with Gasteiger partial charge in [0.05, 0.1) is 12.9 Å². The summed E-state index contributed by atoms with van der Waals surface area (Å²) in [5.41, 5.74) is 0.874. The molecule has 0 saturated carbocycles. The van der Waals surface area contributed by atoms with E-state index in [4.69, 9.17) is 0 Å². The molecule has 0 radical (unpaired) electrons. The molecule has 1 aromatic rings. The van der Waals surface area contributed by atoms with Crippen molar-refractivity contribution < 1.29 is 13.9 Å². The van der Waals surface area contributed by atoms with Gasteiger partial charge < -0.3 is 4.74 Å². The van der Waals surface area contributed by atoms with Crippen molar-refractivity contribution in [3.05, 3.63) is 35.6 Å². The Morgan fingerprint density at radius 2 is 2.36 bits per heavy atom. The number of thioether (sulfide) groups is 1. The average molecular weight is 214 g/mol. The van der Waals surface area contributed by atoms with Crippen molar-refractivity contribution >= 4 is 17.7 Å². The topological polar surface area (TPSA) is 26.3 Å². The van der Waals surface area contributed by atoms with Gasteiger partial charge >= 0.3 is 5.97 Å². The van der Waals surface area contributed by atoms with Crippen LogP contribution in [0, 0.1) is 5.82 Å². The molecule has 76 valence electrons. The van der Waals surface area contributed by atoms with Crippen molar-refractivity contribution in [2.24, 2.45) is 0 Å². The normalized spacial score (nSPS) is 9.86. The first kappa shape index (κ1) is 11.0. The summed E-state index contributed by atoms with van der Waals surface area (Å²) in [4.78, 5) is 10.8. The molecule has 0 aromatic heterocycles. The Labute approximate surface area is 86.5 Å². The highest BCUT2D eigenvalue weighted by Gasteiger charge is 2.01. The molecule has 0 aliphatic carbocycles. The van der Waals surface area contributed by atoms with Crippen LogP contribution in [0.15, 0.2) is 24.3 Å². The first-order chi connectivity index (χ1) is 6.72. The lowest BCUT2D eigenvalue weighted by Crippen LogP contribution is -2.03. The Bertz CT molecular complexity index is 315. The highest BCUT2D eigenvalue weighted by Crippen LogP contribution is 2.13. The molecule has 0 aliphatic rings. The van der Waals surface area contributed by atoms with Crippen LogP contribution in [0.4, 0.5) is 4.39 Å². The number of ether oxygens (including phenoxy) is 1. The molecule has 14 heavy (non-hydrogen) atoms. The molecule has 0 bridgehead atoms. The third-order valence-corrected chi connectivity index (χ3v) is 2.58. The van der Waals surface area contributed by atoms with Gasteiger partial charge in [0, 0.05) is 5.75 Å². The van der Waals surface area contributed by atoms with Gasteiger partial charge in [-0.15, -0.1) is 11.8 Å². The average Bonchev–Trinajstić information content (AvgIpc) is 2.17. The van der Waals surface area contributed by atoms with Crippen molar-refractivity contribution in [2.75, 3.05) is 12.9 Å². The molecule has 0 spiro atoms. The minimum Gasteiger partial charge on any atom is -0.468 e. The molecule has 0 atom stereocenters. The molecule has 0 N–H and O–H groups in total. The molecule has 0 amide bonds. The van der Waals surface area contributed by atoms with E-state index in [0.29, 0.717) is 11.5 Å². The number of carbonyl (C=O) groups is 1. The van der Waals surface area contributed by atoms with E-state index >= 15 is 0 Å². The lowest BCUT2D eigenvalue weighted by atomic mass is 10.2. The first-order valence-electron chi connectivity index (χ1n) is 4.11. The third-order valence-electron chi connectivity index (χ3n) is 1.61. The summed E-state index contributed by atoms with van der Waals surface area (Å²) in [5, 5.41) is 0. The molecule has 0 heterocycles. The standard InChI is InChI=1S/C10H11FO2S/c1-13-10(12)7-14-6-8-3-2-4-9(11)5-8/h2-5H,6-7H2,1H3. The number of hydrogen-bond acceptors (Lipinski definition) is 3. The van der Waals surface area contributed by atoms with Crippen LogP contribution < -0.4 is 0 Å². The number of esters is 1. The first-order valence-corrected chi connectivity index (χ1v) is 5.27. The summed E-state index contributed by atoms with van der Waals surface area (Å²) in [6.45, 7) is 0. The zero-order valence-corrected chi connectivity index (χ0v) is 8.64. The summed E-state index contributed by atoms with van der Waals surface area (Å²) in [5.74, 6) is 0.410. The van der Waals surface area contributed by atoms with Crippen LogP contribution in [0.25, 0.3) is 0 Å². The van der Waals surface area contributed by atoms with Gasteiger partial charge in [-0.2, -0.15) is 0 Å². The highest BCUT2D eigenvalue weighted by atomic mass is 32.2. The van der Waals surface area contributed by atoms with Crippen LogP contribution in [0.1, 0.15) is 5.56 Å². The third kappa shape index (κ3) is 3.79. The number of hydrogen-bond donors (Lipinski definition) is 0. The van der Waals surface area contributed by atoms with Crippen LogP contribution in [0.3, 0.4) is 0 Å². The van der Waals surface area contributed by atoms with Crippen molar-refractivity contribution in [3.63, 3.8) is 0 Å². The fourth-order valence-corrected chi connectivity index (χ4v) is 1.74. The van der Waals surface area contributed by atoms with Crippen molar-refractivity contribution in [1.29, 1.82) is 0 Å². The molecule has 0 saturated heterocycles. The fraction of sp³-hybridized carbons (Fsp3) is 0.300. The van der Waals surface area contributed by atoms with E-state index in [0.717, 1.165) is 5.56 Å². The van der Waals surface area contributed by atoms with E-state index in [-0.39, 0.29) is 11.8 Å². The van der Waals surface area contributed by atoms with Gasteiger partial charge in [0.1, 0.15) is 5.82 Å². The van der Waals surface area contributed by atoms with E-state index in [1.165, 1.54) is 31.0 Å². The smallest absolute Gasteiger partial charge is 0.315 e. The molecule has 0 aliphatic heterocycles. The second-order valence-corrected chi connectivity index (χ2v) is 3.68. The Morgan fingerprint density at radius 3 is 3.00 bits per heavy atom. The van der Waals surface area contributed by atoms with Gasteiger partial charge in [0.25, 0.3) is 0 Å². The Hall–Kier alpha value is -1.03. The zero-order valence-electron chi connectivity index (χ0n) is 7.83. The van der Waals surface area contributed by atoms with E-state index in [1.54, 1.807) is 6.07 Å². The van der Waals surface area contributed by atoms with Gasteiger partial charge in [-0.25, -0.2) is 4.39 Å². The molecule has 2 nitrogen and oxygen atoms in total. The van der Waals surface area contributed by atoms with Crippen LogP contribution in [-0.4, -0.2) is 18.8 Å². The zero-order chi connectivity index (χ0) is 10.4. The summed E-state index contributed by atoms with van der Waals surface area (Å²) in [6.07, 6.45) is 0. The van der Waals surface area contributed by atoms with Crippen LogP contribution >= 0.6 is 11.8 Å². The predicted octanol–water partition coefficient (Wildman–Crippen LogP) is 2.23. The second-order valence-electron chi connectivity index (χ2n) is 2.70. The van der Waals surface area contributed by atoms with Crippen LogP contribution in [-0.2, 0) is 15.3 Å². The maximum Gasteiger partial charge on any atom is 0.315 e. The van der Waals surface area contributed by atoms with Crippen molar-refractivity contribution in [2.45, 2.75) is 5.75 Å². The Balaban J connectivity index is 2.35. The maximum atomic E-state index is 12.7. The molecule has 1 aromatic carbocycles. The fourth-order valence-electron chi connectivity index (χ4n) is 0.938. The molecule has 0 fully saturated rings. The number of methoxy groups -OCH3 is 1. The summed E-state index contributed by atoms with van der Waals surface area (Å²) < 4.78 is 17.2. The van der Waals surface area contributed by atoms with Crippen molar-refractivity contribution in [1.82, 2.24) is 0 Å². The molecule has 1 rings (SSSR count). The Morgan fingerprint density at radius 1 is 1.57 bits per heavy atom. The summed E-state index contributed by atoms with van der Waals surface area (Å²) in [7, 11) is 1.35. The van der Waals surface area contributed by atoms with E-state index in [1.807, 2.05) is 6.07 Å². The van der Waals surface area contributed by atoms with Gasteiger partial charge in [0.15, 0.2) is 0 Å². The van der Waals surface area contributed by atoms with E-state index < -0.39 is 0 Å². The minimum absolute atomic E-state index is 0.249. The Kier molecular flexibility index (Phi) is 4.46. The van der Waals surface area contributed by atoms with Gasteiger partial charge in [-0.1, -0.05) is 12.1 Å². The van der Waals surface area contributed by atoms with Gasteiger partial charge in [0.2, 0.25) is 0 Å². The quantitative estimate of drug-likeness (QED) is 0.719. The lowest BCUT2D eigenvalue weighted by molar-refractivity contribution is -0.137. The second kappa shape index (κ2) is 5.65. The molecule has 4 heteroatoms. The molecule has 0 unspecified atom stereocenters. The summed E-state index contributed by atoms with van der Waals surface area (Å²) >= 11 is 1.41. The highest BCUT2D eigenvalue weighted by molar-refractivity contribution is 7.99. The van der Waals surface area contributed by atoms with E-state index in [9.17, 15) is 9.18 Å². The largest absolute Gasteiger partial charge is 0.468 e. The van der Waals surface area contributed by atoms with Gasteiger partial charge in [-0.05, 0) is 17.7 Å². The lowest BCUT2D eigenvalue weighted by Gasteiger charge is -2.00.